The number of aryl methyl sites for hydroxylation is 2. The number of benzene rings is 4. The van der Waals surface area contributed by atoms with E-state index >= 15 is 0 Å². The Morgan fingerprint density at radius 3 is 1.49 bits per heavy atom. The third-order valence-corrected chi connectivity index (χ3v) is 8.79. The van der Waals surface area contributed by atoms with Gasteiger partial charge in [0, 0.05) is 54.1 Å². The summed E-state index contributed by atoms with van der Waals surface area (Å²) in [6, 6.07) is 24.3. The van der Waals surface area contributed by atoms with Crippen molar-refractivity contribution in [3.63, 3.8) is 0 Å². The number of hydrogen-bond acceptors (Lipinski definition) is 12. The van der Waals surface area contributed by atoms with E-state index in [0.717, 1.165) is 16.7 Å². The maximum absolute atomic E-state index is 11.5. The number of azide groups is 2. The quantitative estimate of drug-likeness (QED) is 0.0194. The van der Waals surface area contributed by atoms with E-state index in [1.54, 1.807) is 48.5 Å². The number of nitrogens with zero attached hydrogens (tertiary/aromatic N) is 8. The van der Waals surface area contributed by atoms with Gasteiger partial charge >= 0.3 is 103 Å². The first-order chi connectivity index (χ1) is 24.1. The van der Waals surface area contributed by atoms with Gasteiger partial charge in [-0.1, -0.05) is 58.4 Å². The predicted octanol–water partition coefficient (Wildman–Crippen LogP) is -0.308. The number of halogens is 1. The number of hydrogen-bond donors (Lipinski definition) is 1. The average Bonchev–Trinajstić information content (AvgIpc) is 3.11. The third kappa shape index (κ3) is 20.4. The van der Waals surface area contributed by atoms with Crippen LogP contribution in [0.5, 0.6) is 0 Å². The number of nitro benzene ring substituents is 2. The SMILES string of the molecule is Nc1cccc([N+](=O)[O-])c1.O=CO[O-].[H-].[K+].[K+].[N-]=[N+]=NS(=O)(=O)c1ccc(CBr)cc1.[N-]=[N+]=NS(=O)(=O)c1ccc(CCc2cccc([N+](=O)[O-])c2)cc1. The van der Waals surface area contributed by atoms with Crippen LogP contribution in [0, 0.1) is 20.2 Å². The van der Waals surface area contributed by atoms with Gasteiger partial charge < -0.3 is 17.3 Å². The Kier molecular flexibility index (Phi) is 27.3. The molecule has 2 N–H and O–H groups in total. The summed E-state index contributed by atoms with van der Waals surface area (Å²) in [4.78, 5) is 35.6. The molecule has 0 fully saturated rings. The molecule has 0 spiro atoms. The molecule has 0 bridgehead atoms. The second-order valence-electron chi connectivity index (χ2n) is 9.19. The average molecular weight is 887 g/mol. The van der Waals surface area contributed by atoms with Crippen LogP contribution in [-0.2, 0) is 47.9 Å². The van der Waals surface area contributed by atoms with Crippen LogP contribution in [0.1, 0.15) is 18.1 Å². The predicted molar refractivity (Wildman–Crippen MR) is 184 cm³/mol. The summed E-state index contributed by atoms with van der Waals surface area (Å²) >= 11 is 3.23. The molecule has 0 aliphatic carbocycles. The number of carbonyl (C=O) groups excluding carboxylic acids is 1. The molecule has 25 heteroatoms. The topological polar surface area (TPSA) is 327 Å². The molecule has 53 heavy (non-hydrogen) atoms. The number of rotatable bonds is 11. The fourth-order valence-corrected chi connectivity index (χ4v) is 5.24. The molecule has 0 saturated carbocycles. The van der Waals surface area contributed by atoms with Crippen LogP contribution >= 0.6 is 15.9 Å². The monoisotopic (exact) mass is 885 g/mol. The van der Waals surface area contributed by atoms with Crippen molar-refractivity contribution in [3.8, 4) is 0 Å². The van der Waals surface area contributed by atoms with Crippen molar-refractivity contribution in [2.75, 3.05) is 5.73 Å². The van der Waals surface area contributed by atoms with Crippen LogP contribution in [0.3, 0.4) is 0 Å². The summed E-state index contributed by atoms with van der Waals surface area (Å²) in [5.74, 6) is 0. The molecule has 4 aromatic carbocycles. The van der Waals surface area contributed by atoms with Gasteiger partial charge in [-0.15, -0.1) is 0 Å². The van der Waals surface area contributed by atoms with E-state index in [1.807, 2.05) is 0 Å². The van der Waals surface area contributed by atoms with Crippen LogP contribution in [-0.4, -0.2) is 33.2 Å². The van der Waals surface area contributed by atoms with Crippen LogP contribution in [0.25, 0.3) is 20.9 Å². The van der Waals surface area contributed by atoms with Gasteiger partial charge in [0.1, 0.15) is 0 Å². The Labute approximate surface area is 397 Å². The minimum Gasteiger partial charge on any atom is -1.00 e. The number of non-ortho nitro benzene ring substituents is 2. The van der Waals surface area contributed by atoms with Gasteiger partial charge in [0.2, 0.25) is 0 Å². The normalized spacial score (nSPS) is 9.62. The molecule has 0 aromatic heterocycles. The number of nitrogens with two attached hydrogens (primary N) is 1. The molecule has 0 unspecified atom stereocenters. The molecule has 4 rings (SSSR count). The largest absolute Gasteiger partial charge is 1.00 e. The summed E-state index contributed by atoms with van der Waals surface area (Å²) in [7, 11) is -7.82. The number of alkyl halides is 1. The maximum atomic E-state index is 11.5. The van der Waals surface area contributed by atoms with E-state index in [0.29, 0.717) is 23.9 Å². The second-order valence-corrected chi connectivity index (χ2v) is 12.9. The van der Waals surface area contributed by atoms with Crippen molar-refractivity contribution in [1.29, 1.82) is 0 Å². The van der Waals surface area contributed by atoms with Gasteiger partial charge in [-0.05, 0) is 70.9 Å². The summed E-state index contributed by atoms with van der Waals surface area (Å²) in [5, 5.41) is 29.9. The molecule has 0 amide bonds. The van der Waals surface area contributed by atoms with Crippen LogP contribution in [0.4, 0.5) is 17.1 Å². The van der Waals surface area contributed by atoms with Crippen molar-refractivity contribution in [3.05, 3.63) is 155 Å². The molecule has 0 atom stereocenters. The van der Waals surface area contributed by atoms with Gasteiger partial charge in [-0.2, -0.15) is 0 Å². The zero-order valence-electron chi connectivity index (χ0n) is 28.8. The fourth-order valence-electron chi connectivity index (χ4n) is 3.52. The molecule has 0 aliphatic rings. The molecule has 0 heterocycles. The van der Waals surface area contributed by atoms with Gasteiger partial charge in [0.15, 0.2) is 0 Å². The van der Waals surface area contributed by atoms with E-state index in [-0.39, 0.29) is 132 Å². The smallest absolute Gasteiger partial charge is 1.00 e. The summed E-state index contributed by atoms with van der Waals surface area (Å²) < 4.78 is 51.0. The van der Waals surface area contributed by atoms with E-state index < -0.39 is 29.9 Å². The summed E-state index contributed by atoms with van der Waals surface area (Å²) in [6.07, 6.45) is 1.19. The summed E-state index contributed by atoms with van der Waals surface area (Å²) in [5.41, 5.74) is 24.7. The van der Waals surface area contributed by atoms with Crippen molar-refractivity contribution < 1.29 is 146 Å². The van der Waals surface area contributed by atoms with Gasteiger partial charge in [0.25, 0.3) is 37.9 Å². The zero-order chi connectivity index (χ0) is 38.5. The van der Waals surface area contributed by atoms with Crippen LogP contribution in [0.15, 0.2) is 116 Å². The standard InChI is InChI=1S/C14H12N4O4S.C7H6BrN3O2S.C6H6N2O2.CH2O3.2K.H/c15-16-17-23(21,22)14-8-6-11(7-9-14)4-5-12-2-1-3-13(10-12)18(19)20;8-5-6-1-3-7(4-2-6)14(12,13)11-10-9;7-5-2-1-3-6(4-5)8(9)10;2-1-4-3;;;/h1-3,6-10H,4-5H2;1-4H,5H2;1-4H,7H2;1,3H;;;/q;;;;2*+1;-1/p-1. The van der Waals surface area contributed by atoms with E-state index in [9.17, 15) is 37.1 Å². The van der Waals surface area contributed by atoms with Crippen LogP contribution < -0.4 is 114 Å². The van der Waals surface area contributed by atoms with Crippen molar-refractivity contribution >= 4 is 59.5 Å². The first kappa shape index (κ1) is 52.3. The Bertz CT molecular complexity index is 2130. The zero-order valence-corrected chi connectivity index (χ0v) is 37.2. The number of anilines is 1. The molecule has 0 saturated heterocycles. The molecule has 0 aliphatic heterocycles. The first-order valence-corrected chi connectivity index (χ1v) is 17.5. The minimum atomic E-state index is -3.98. The summed E-state index contributed by atoms with van der Waals surface area (Å²) in [6.45, 7) is -0.181. The van der Waals surface area contributed by atoms with Crippen molar-refractivity contribution in [1.82, 2.24) is 0 Å². The van der Waals surface area contributed by atoms with Gasteiger partial charge in [-0.3, -0.25) is 25.0 Å². The fraction of sp³-hybridized carbons (Fsp3) is 0.107. The first-order valence-electron chi connectivity index (χ1n) is 13.5. The van der Waals surface area contributed by atoms with Crippen molar-refractivity contribution in [2.24, 2.45) is 9.04 Å². The third-order valence-electron chi connectivity index (χ3n) is 5.83. The second kappa shape index (κ2) is 27.7. The van der Waals surface area contributed by atoms with Crippen molar-refractivity contribution in [2.45, 2.75) is 28.0 Å². The molecular formula is C28H26BrK2N9O11S2. The Morgan fingerprint density at radius 1 is 0.736 bits per heavy atom. The van der Waals surface area contributed by atoms with Crippen LogP contribution in [0.2, 0.25) is 0 Å². The Hall–Kier alpha value is -2.82. The Morgan fingerprint density at radius 2 is 1.13 bits per heavy atom. The minimum absolute atomic E-state index is 0. The molecular weight excluding hydrogens is 861 g/mol. The maximum Gasteiger partial charge on any atom is 1.00 e. The molecule has 20 nitrogen and oxygen atoms in total. The number of nitro groups is 2. The Balaban J connectivity index is -0.000000720. The number of carbonyl (C=O) groups is 1. The van der Waals surface area contributed by atoms with E-state index in [1.165, 1.54) is 48.5 Å². The van der Waals surface area contributed by atoms with E-state index in [4.69, 9.17) is 26.8 Å². The number of nitrogen functional groups attached to an aromatic ring is 1. The molecule has 270 valence electrons. The van der Waals surface area contributed by atoms with Gasteiger partial charge in [0.05, 0.1) is 19.6 Å². The molecule has 4 aromatic rings. The van der Waals surface area contributed by atoms with E-state index in [2.05, 4.69) is 39.7 Å². The van der Waals surface area contributed by atoms with Gasteiger partial charge in [-0.25, -0.2) is 16.8 Å². The molecule has 0 radical (unpaired) electrons. The number of sulfonamides is 2.